The van der Waals surface area contributed by atoms with Crippen molar-refractivity contribution in [1.82, 2.24) is 5.16 Å². The number of primary sulfonamides is 1. The van der Waals surface area contributed by atoms with Crippen molar-refractivity contribution in [3.8, 4) is 0 Å². The second kappa shape index (κ2) is 5.55. The third-order valence-corrected chi connectivity index (χ3v) is 4.47. The van der Waals surface area contributed by atoms with Gasteiger partial charge in [-0.05, 0) is 48.0 Å². The van der Waals surface area contributed by atoms with Gasteiger partial charge in [0.15, 0.2) is 0 Å². The van der Waals surface area contributed by atoms with Gasteiger partial charge in [0.05, 0.1) is 10.6 Å². The quantitative estimate of drug-likeness (QED) is 0.872. The first-order valence-electron chi connectivity index (χ1n) is 5.77. The van der Waals surface area contributed by atoms with E-state index in [4.69, 9.17) is 9.66 Å². The first-order chi connectivity index (χ1) is 9.29. The Hall–Kier alpha value is -1.38. The van der Waals surface area contributed by atoms with Gasteiger partial charge in [0.25, 0.3) is 0 Å². The van der Waals surface area contributed by atoms with E-state index in [9.17, 15) is 8.42 Å². The van der Waals surface area contributed by atoms with Crippen LogP contribution in [0.25, 0.3) is 0 Å². The lowest BCUT2D eigenvalue weighted by Gasteiger charge is -2.09. The Bertz CT molecular complexity index is 721. The van der Waals surface area contributed by atoms with Crippen LogP contribution in [0.1, 0.15) is 17.0 Å². The molecule has 108 valence electrons. The largest absolute Gasteiger partial charge is 0.380 e. The van der Waals surface area contributed by atoms with E-state index in [2.05, 4.69) is 26.4 Å². The van der Waals surface area contributed by atoms with Crippen LogP contribution in [0.2, 0.25) is 0 Å². The lowest BCUT2D eigenvalue weighted by Crippen LogP contribution is -2.12. The van der Waals surface area contributed by atoms with E-state index in [1.807, 2.05) is 13.8 Å². The average molecular weight is 360 g/mol. The number of aryl methyl sites for hydroxylation is 2. The fraction of sp³-hybridized carbons (Fsp3) is 0.250. The Morgan fingerprint density at radius 2 is 2.10 bits per heavy atom. The number of anilines is 1. The third kappa shape index (κ3) is 3.20. The third-order valence-electron chi connectivity index (χ3n) is 2.91. The van der Waals surface area contributed by atoms with Crippen molar-refractivity contribution >= 4 is 31.6 Å². The summed E-state index contributed by atoms with van der Waals surface area (Å²) in [4.78, 5) is 0.0623. The van der Waals surface area contributed by atoms with E-state index in [0.29, 0.717) is 11.0 Å². The molecule has 20 heavy (non-hydrogen) atoms. The van der Waals surface area contributed by atoms with Crippen LogP contribution in [0.15, 0.2) is 32.1 Å². The Morgan fingerprint density at radius 1 is 1.40 bits per heavy atom. The van der Waals surface area contributed by atoms with Gasteiger partial charge in [-0.2, -0.15) is 0 Å². The van der Waals surface area contributed by atoms with Crippen LogP contribution in [0, 0.1) is 13.8 Å². The zero-order valence-electron chi connectivity index (χ0n) is 11.0. The number of sulfonamides is 1. The van der Waals surface area contributed by atoms with Gasteiger partial charge in [-0.3, -0.25) is 0 Å². The molecular formula is C12H14BrN3O3S. The van der Waals surface area contributed by atoms with Gasteiger partial charge in [-0.25, -0.2) is 13.6 Å². The van der Waals surface area contributed by atoms with Gasteiger partial charge in [0.1, 0.15) is 5.76 Å². The summed E-state index contributed by atoms with van der Waals surface area (Å²) >= 11 is 3.32. The Labute approximate surface area is 125 Å². The summed E-state index contributed by atoms with van der Waals surface area (Å²) in [5, 5.41) is 12.1. The molecule has 0 radical (unpaired) electrons. The van der Waals surface area contributed by atoms with Gasteiger partial charge >= 0.3 is 0 Å². The molecule has 0 aliphatic carbocycles. The van der Waals surface area contributed by atoms with Crippen LogP contribution < -0.4 is 10.5 Å². The normalized spacial score (nSPS) is 11.6. The Balaban J connectivity index is 2.19. The molecule has 0 saturated carbocycles. The molecule has 0 aliphatic rings. The smallest absolute Gasteiger partial charge is 0.238 e. The number of hydrogen-bond donors (Lipinski definition) is 2. The molecule has 0 unspecified atom stereocenters. The topological polar surface area (TPSA) is 98.2 Å². The predicted molar refractivity (Wildman–Crippen MR) is 78.8 cm³/mol. The molecule has 0 fully saturated rings. The number of nitrogens with one attached hydrogen (secondary N) is 1. The molecular weight excluding hydrogens is 346 g/mol. The Kier molecular flexibility index (Phi) is 4.17. The molecule has 1 aromatic carbocycles. The SMILES string of the molecule is Cc1noc(C)c1CNc1ccc(S(N)(=O)=O)cc1Br. The summed E-state index contributed by atoms with van der Waals surface area (Å²) in [6.45, 7) is 4.25. The highest BCUT2D eigenvalue weighted by molar-refractivity contribution is 9.10. The van der Waals surface area contributed by atoms with Crippen molar-refractivity contribution < 1.29 is 12.9 Å². The maximum Gasteiger partial charge on any atom is 0.238 e. The molecule has 0 amide bonds. The number of hydrogen-bond acceptors (Lipinski definition) is 5. The monoisotopic (exact) mass is 359 g/mol. The van der Waals surface area contributed by atoms with Gasteiger partial charge in [0.2, 0.25) is 10.0 Å². The summed E-state index contributed by atoms with van der Waals surface area (Å²) in [6, 6.07) is 4.57. The van der Waals surface area contributed by atoms with Crippen LogP contribution in [0.4, 0.5) is 5.69 Å². The lowest BCUT2D eigenvalue weighted by atomic mass is 10.2. The fourth-order valence-corrected chi connectivity index (χ4v) is 2.96. The zero-order chi connectivity index (χ0) is 14.9. The average Bonchev–Trinajstić information content (AvgIpc) is 2.67. The maximum atomic E-state index is 11.2. The molecule has 2 aromatic rings. The highest BCUT2D eigenvalue weighted by atomic mass is 79.9. The van der Waals surface area contributed by atoms with Gasteiger partial charge in [-0.15, -0.1) is 0 Å². The van der Waals surface area contributed by atoms with E-state index in [1.54, 1.807) is 6.07 Å². The summed E-state index contributed by atoms with van der Waals surface area (Å²) in [5.74, 6) is 0.757. The van der Waals surface area contributed by atoms with Crippen molar-refractivity contribution in [3.05, 3.63) is 39.7 Å². The number of nitrogens with zero attached hydrogens (tertiary/aromatic N) is 1. The molecule has 8 heteroatoms. The number of rotatable bonds is 4. The highest BCUT2D eigenvalue weighted by Gasteiger charge is 2.12. The fourth-order valence-electron chi connectivity index (χ4n) is 1.75. The molecule has 6 nitrogen and oxygen atoms in total. The molecule has 0 spiro atoms. The van der Waals surface area contributed by atoms with Crippen LogP contribution in [0.3, 0.4) is 0 Å². The van der Waals surface area contributed by atoms with E-state index < -0.39 is 10.0 Å². The van der Waals surface area contributed by atoms with Crippen molar-refractivity contribution in [2.45, 2.75) is 25.3 Å². The van der Waals surface area contributed by atoms with E-state index in [1.165, 1.54) is 12.1 Å². The van der Waals surface area contributed by atoms with Crippen molar-refractivity contribution in [2.24, 2.45) is 5.14 Å². The minimum absolute atomic E-state index is 0.0623. The molecule has 2 rings (SSSR count). The van der Waals surface area contributed by atoms with E-state index in [0.717, 1.165) is 22.7 Å². The number of halogens is 1. The zero-order valence-corrected chi connectivity index (χ0v) is 13.4. The molecule has 1 aromatic heterocycles. The van der Waals surface area contributed by atoms with Crippen LogP contribution in [-0.4, -0.2) is 13.6 Å². The van der Waals surface area contributed by atoms with Crippen molar-refractivity contribution in [3.63, 3.8) is 0 Å². The van der Waals surface area contributed by atoms with Crippen LogP contribution in [-0.2, 0) is 16.6 Å². The van der Waals surface area contributed by atoms with Crippen molar-refractivity contribution in [1.29, 1.82) is 0 Å². The molecule has 0 bridgehead atoms. The van der Waals surface area contributed by atoms with Crippen molar-refractivity contribution in [2.75, 3.05) is 5.32 Å². The minimum Gasteiger partial charge on any atom is -0.380 e. The predicted octanol–water partition coefficient (Wildman–Crippen LogP) is 2.31. The van der Waals surface area contributed by atoms with Gasteiger partial charge < -0.3 is 9.84 Å². The molecule has 0 aliphatic heterocycles. The summed E-state index contributed by atoms with van der Waals surface area (Å²) in [7, 11) is -3.70. The van der Waals surface area contributed by atoms with Gasteiger partial charge in [0, 0.05) is 22.3 Å². The summed E-state index contributed by atoms with van der Waals surface area (Å²) in [5.41, 5.74) is 2.57. The van der Waals surface area contributed by atoms with Crippen LogP contribution >= 0.6 is 15.9 Å². The Morgan fingerprint density at radius 3 is 2.60 bits per heavy atom. The highest BCUT2D eigenvalue weighted by Crippen LogP contribution is 2.26. The first-order valence-corrected chi connectivity index (χ1v) is 8.11. The molecule has 1 heterocycles. The first kappa shape index (κ1) is 15.0. The number of benzene rings is 1. The van der Waals surface area contributed by atoms with E-state index >= 15 is 0 Å². The molecule has 3 N–H and O–H groups in total. The summed E-state index contributed by atoms with van der Waals surface area (Å²) < 4.78 is 28.2. The number of aromatic nitrogens is 1. The molecule has 0 atom stereocenters. The second-order valence-electron chi connectivity index (χ2n) is 4.34. The maximum absolute atomic E-state index is 11.2. The molecule has 0 saturated heterocycles. The minimum atomic E-state index is -3.70. The number of nitrogens with two attached hydrogens (primary N) is 1. The lowest BCUT2D eigenvalue weighted by molar-refractivity contribution is 0.392. The van der Waals surface area contributed by atoms with E-state index in [-0.39, 0.29) is 4.90 Å². The summed E-state index contributed by atoms with van der Waals surface area (Å²) in [6.07, 6.45) is 0. The standard InChI is InChI=1S/C12H14BrN3O3S/c1-7-10(8(2)19-16-7)6-15-12-4-3-9(5-11(12)13)20(14,17)18/h3-5,15H,6H2,1-2H3,(H2,14,17,18). The van der Waals surface area contributed by atoms with Gasteiger partial charge in [-0.1, -0.05) is 5.16 Å². The second-order valence-corrected chi connectivity index (χ2v) is 6.76. The van der Waals surface area contributed by atoms with Crippen LogP contribution in [0.5, 0.6) is 0 Å².